The quantitative estimate of drug-likeness (QED) is 0.178. The third kappa shape index (κ3) is 7.88. The number of benzene rings is 2. The van der Waals surface area contributed by atoms with Crippen LogP contribution in [0.1, 0.15) is 17.8 Å². The monoisotopic (exact) mass is 591 g/mol. The normalized spacial score (nSPS) is 20.7. The number of H-pyrrole nitrogens is 1. The molecule has 1 aliphatic heterocycles. The van der Waals surface area contributed by atoms with Crippen LogP contribution in [0, 0.1) is 12.7 Å². The van der Waals surface area contributed by atoms with Crippen molar-refractivity contribution in [2.75, 3.05) is 33.4 Å². The van der Waals surface area contributed by atoms with Crippen LogP contribution >= 0.6 is 11.6 Å². The predicted octanol–water partition coefficient (Wildman–Crippen LogP) is -4.54. The largest absolute Gasteiger partial charge is 1.00 e. The number of rotatable bonds is 10. The summed E-state index contributed by atoms with van der Waals surface area (Å²) in [4.78, 5) is 4.22. The summed E-state index contributed by atoms with van der Waals surface area (Å²) in [5, 5.41) is 21.6. The van der Waals surface area contributed by atoms with Crippen molar-refractivity contribution < 1.29 is 63.1 Å². The number of quaternary nitrogens is 1. The van der Waals surface area contributed by atoms with Gasteiger partial charge in [0.05, 0.1) is 24.8 Å². The molecule has 4 N–H and O–H groups in total. The van der Waals surface area contributed by atoms with Crippen LogP contribution in [0.15, 0.2) is 48.8 Å². The number of halogens is 4. The second-order valence-electron chi connectivity index (χ2n) is 9.20. The first-order valence-corrected chi connectivity index (χ1v) is 12.3. The smallest absolute Gasteiger partial charge is 0.251 e. The molecule has 1 aliphatic rings. The molecule has 0 aliphatic carbocycles. The number of likely N-dealkylation sites (tertiary alicyclic amines) is 1. The number of imidazole rings is 1. The summed E-state index contributed by atoms with van der Waals surface area (Å²) in [6.07, 6.45) is 3.33. The zero-order valence-corrected chi connectivity index (χ0v) is 23.5. The van der Waals surface area contributed by atoms with Crippen molar-refractivity contribution in [3.8, 4) is 17.2 Å². The summed E-state index contributed by atoms with van der Waals surface area (Å²) in [5.41, 5.74) is -0.449. The maximum atomic E-state index is 13.7. The summed E-state index contributed by atoms with van der Waals surface area (Å²) in [6, 6.07) is 9.91. The van der Waals surface area contributed by atoms with Crippen molar-refractivity contribution in [1.82, 2.24) is 4.98 Å². The fourth-order valence-corrected chi connectivity index (χ4v) is 4.61. The van der Waals surface area contributed by atoms with Crippen LogP contribution in [0.4, 0.5) is 4.39 Å². The molecule has 38 heavy (non-hydrogen) atoms. The second kappa shape index (κ2) is 14.2. The molecule has 0 amide bonds. The zero-order valence-electron chi connectivity index (χ0n) is 21.2. The summed E-state index contributed by atoms with van der Waals surface area (Å²) in [5.74, 6) is 2.01. The Bertz CT molecular complexity index is 1180. The molecular weight excluding hydrogens is 560 g/mol. The van der Waals surface area contributed by atoms with E-state index in [9.17, 15) is 14.6 Å². The predicted molar refractivity (Wildman–Crippen MR) is 131 cm³/mol. The molecule has 0 radical (unpaired) electrons. The number of aromatic nitrogens is 2. The molecule has 0 spiro atoms. The number of hydrogen-bond acceptors (Lipinski definition) is 5. The van der Waals surface area contributed by atoms with E-state index in [0.717, 1.165) is 16.3 Å². The highest BCUT2D eigenvalue weighted by molar-refractivity contribution is 6.30. The number of aryl methyl sites for hydroxylation is 1. The van der Waals surface area contributed by atoms with Crippen molar-refractivity contribution >= 4 is 11.6 Å². The molecule has 1 aromatic heterocycles. The fraction of sp³-hybridized carbons (Fsp3) is 0.423. The maximum Gasteiger partial charge on any atom is 0.251 e. The number of nitrogens with one attached hydrogen (secondary N) is 2. The van der Waals surface area contributed by atoms with Gasteiger partial charge in [0.1, 0.15) is 56.8 Å². The lowest BCUT2D eigenvalue weighted by molar-refractivity contribution is -0.927. The van der Waals surface area contributed by atoms with E-state index in [2.05, 4.69) is 9.55 Å². The van der Waals surface area contributed by atoms with Gasteiger partial charge in [-0.2, -0.15) is 0 Å². The number of piperidine rings is 1. The number of ether oxygens (including phenoxy) is 3. The maximum absolute atomic E-state index is 13.7. The molecule has 2 heterocycles. The van der Waals surface area contributed by atoms with Gasteiger partial charge < -0.3 is 54.1 Å². The number of aliphatic hydroxyl groups excluding tert-OH is 1. The molecule has 3 unspecified atom stereocenters. The van der Waals surface area contributed by atoms with E-state index in [0.29, 0.717) is 44.2 Å². The minimum absolute atomic E-state index is 0. The van der Waals surface area contributed by atoms with Gasteiger partial charge in [-0.25, -0.2) is 13.9 Å². The Morgan fingerprint density at radius 1 is 1.18 bits per heavy atom. The van der Waals surface area contributed by atoms with E-state index in [1.807, 2.05) is 37.5 Å². The second-order valence-corrected chi connectivity index (χ2v) is 9.61. The van der Waals surface area contributed by atoms with Crippen LogP contribution in [0.25, 0.3) is 0 Å². The van der Waals surface area contributed by atoms with Gasteiger partial charge in [0.15, 0.2) is 17.1 Å². The Morgan fingerprint density at radius 2 is 1.97 bits per heavy atom. The first kappa shape index (κ1) is 31.9. The van der Waals surface area contributed by atoms with Crippen LogP contribution in [-0.4, -0.2) is 60.3 Å². The highest BCUT2D eigenvalue weighted by Gasteiger charge is 2.45. The Labute approximate surface area is 239 Å². The molecule has 3 atom stereocenters. The van der Waals surface area contributed by atoms with Crippen LogP contribution in [0.5, 0.6) is 17.2 Å². The van der Waals surface area contributed by atoms with E-state index in [1.54, 1.807) is 7.11 Å². The highest BCUT2D eigenvalue weighted by Crippen LogP contribution is 2.28. The first-order chi connectivity index (χ1) is 17.3. The van der Waals surface area contributed by atoms with E-state index in [4.69, 9.17) is 25.8 Å². The Morgan fingerprint density at radius 3 is 2.66 bits per heavy atom. The molecule has 1 fully saturated rings. The lowest BCUT2D eigenvalue weighted by atomic mass is 9.90. The third-order valence-corrected chi connectivity index (χ3v) is 6.88. The Balaban J connectivity index is 0.00000253. The number of aromatic amines is 1. The lowest BCUT2D eigenvalue weighted by Gasteiger charge is -2.39. The van der Waals surface area contributed by atoms with Gasteiger partial charge in [-0.05, 0) is 30.3 Å². The summed E-state index contributed by atoms with van der Waals surface area (Å²) in [7, 11) is 1.61. The lowest BCUT2D eigenvalue weighted by Crippen LogP contribution is -3.15. The zero-order chi connectivity index (χ0) is 25.7. The summed E-state index contributed by atoms with van der Waals surface area (Å²) < 4.78 is 32.9. The van der Waals surface area contributed by atoms with E-state index >= 15 is 0 Å². The van der Waals surface area contributed by atoms with Crippen molar-refractivity contribution in [2.45, 2.75) is 38.1 Å². The summed E-state index contributed by atoms with van der Waals surface area (Å²) >= 11 is 5.72. The van der Waals surface area contributed by atoms with Crippen molar-refractivity contribution in [3.63, 3.8) is 0 Å². The van der Waals surface area contributed by atoms with E-state index in [-0.39, 0.29) is 48.7 Å². The Kier molecular flexibility index (Phi) is 11.9. The number of hydrogen-bond donors (Lipinski definition) is 4. The molecule has 3 aromatic rings. The van der Waals surface area contributed by atoms with E-state index < -0.39 is 17.5 Å². The first-order valence-electron chi connectivity index (χ1n) is 11.9. The Hall–Kier alpha value is -2.27. The molecule has 2 aromatic carbocycles. The number of aliphatic hydroxyl groups is 2. The van der Waals surface area contributed by atoms with Gasteiger partial charge in [0.25, 0.3) is 5.82 Å². The molecule has 12 heteroatoms. The third-order valence-electron chi connectivity index (χ3n) is 6.58. The van der Waals surface area contributed by atoms with Crippen molar-refractivity contribution in [1.29, 1.82) is 0 Å². The van der Waals surface area contributed by atoms with Crippen LogP contribution in [0.2, 0.25) is 5.02 Å². The van der Waals surface area contributed by atoms with Crippen LogP contribution in [-0.2, 0) is 13.1 Å². The van der Waals surface area contributed by atoms with Crippen molar-refractivity contribution in [3.05, 3.63) is 71.0 Å². The molecule has 8 nitrogen and oxygen atoms in total. The van der Waals surface area contributed by atoms with Gasteiger partial charge in [-0.3, -0.25) is 0 Å². The molecule has 1 saturated heterocycles. The van der Waals surface area contributed by atoms with Crippen LogP contribution < -0.4 is 48.5 Å². The van der Waals surface area contributed by atoms with E-state index in [1.165, 1.54) is 18.2 Å². The fourth-order valence-electron chi connectivity index (χ4n) is 4.49. The van der Waals surface area contributed by atoms with Gasteiger partial charge >= 0.3 is 0 Å². The summed E-state index contributed by atoms with van der Waals surface area (Å²) in [6.45, 7) is 4.64. The standard InChI is InChI=1S/C26H31ClFN3O5.2ClH/c1-18-29-8-10-31(18)11-12-35-23-6-3-19(13-24(23)34-2)15-30-9-7-25(32)26(33,16-30)17-36-20-4-5-21(27)22(28)14-20;;/h3-6,8,10,13-14,25,32-33H,7,9,11-12,15-17H2,1-2H3;2*1H. The molecule has 0 saturated carbocycles. The molecule has 210 valence electrons. The van der Waals surface area contributed by atoms with Gasteiger partial charge in [0.2, 0.25) is 0 Å². The van der Waals surface area contributed by atoms with Gasteiger partial charge in [-0.1, -0.05) is 11.6 Å². The van der Waals surface area contributed by atoms with Crippen molar-refractivity contribution in [2.24, 2.45) is 0 Å². The number of methoxy groups -OCH3 is 1. The SMILES string of the molecule is COc1cc(C[NH+]2CCC(O)C(O)(COc3ccc(Cl)c(F)c3)C2)ccc1OCC[n+]1cc[nH]c1C.[Cl-].[Cl-]. The minimum atomic E-state index is -1.47. The topological polar surface area (TPSA) is 92.3 Å². The average Bonchev–Trinajstić information content (AvgIpc) is 3.27. The van der Waals surface area contributed by atoms with Gasteiger partial charge in [-0.15, -0.1) is 0 Å². The minimum Gasteiger partial charge on any atom is -1.00 e. The molecular formula is C26H33Cl3FN3O5. The molecule has 4 rings (SSSR count). The van der Waals surface area contributed by atoms with Gasteiger partial charge in [0, 0.05) is 25.0 Å². The average molecular weight is 593 g/mol. The highest BCUT2D eigenvalue weighted by atomic mass is 35.5. The number of nitrogens with zero attached hydrogens (tertiary/aromatic N) is 1. The molecule has 0 bridgehead atoms. The van der Waals surface area contributed by atoms with Crippen LogP contribution in [0.3, 0.4) is 0 Å².